The maximum absolute atomic E-state index is 15.1. The van der Waals surface area contributed by atoms with Crippen LogP contribution in [0.3, 0.4) is 0 Å². The molecule has 0 amide bonds. The first kappa shape index (κ1) is 50.3. The average Bonchev–Trinajstić information content (AvgIpc) is 3.59. The lowest BCUT2D eigenvalue weighted by atomic mass is 9.35. The number of rotatable bonds is 17. The molecule has 2 aromatic rings. The highest BCUT2D eigenvalue weighted by Crippen LogP contribution is 2.68. The molecular formula is C56H86N2O6. The molecule has 4 heterocycles. The summed E-state index contributed by atoms with van der Waals surface area (Å²) in [5.41, 5.74) is 1.32. The number of ether oxygens (including phenoxy) is 1. The monoisotopic (exact) mass is 883 g/mol. The Morgan fingerprint density at radius 1 is 0.859 bits per heavy atom. The van der Waals surface area contributed by atoms with Crippen LogP contribution in [-0.2, 0) is 30.3 Å². The maximum atomic E-state index is 15.1. The molecular weight excluding hydrogens is 797 g/mol. The number of para-hydroxylation sites is 1. The van der Waals surface area contributed by atoms with Gasteiger partial charge in [-0.3, -0.25) is 19.3 Å². The van der Waals surface area contributed by atoms with Gasteiger partial charge in [-0.25, -0.2) is 4.79 Å². The molecule has 0 spiro atoms. The molecule has 8 nitrogen and oxygen atoms in total. The lowest BCUT2D eigenvalue weighted by Gasteiger charge is -2.65. The number of carbonyl (C=O) groups excluding carboxylic acids is 4. The Morgan fingerprint density at radius 2 is 1.50 bits per heavy atom. The van der Waals surface area contributed by atoms with E-state index >= 15 is 4.79 Å². The zero-order chi connectivity index (χ0) is 47.1. The number of esters is 1. The van der Waals surface area contributed by atoms with Crippen molar-refractivity contribution in [1.29, 1.82) is 0 Å². The van der Waals surface area contributed by atoms with Gasteiger partial charge in [0, 0.05) is 34.9 Å². The van der Waals surface area contributed by atoms with Crippen molar-refractivity contribution in [1.82, 2.24) is 9.47 Å². The third-order valence-corrected chi connectivity index (χ3v) is 17.2. The molecule has 8 atom stereocenters. The van der Waals surface area contributed by atoms with Crippen molar-refractivity contribution in [3.8, 4) is 0 Å². The first-order valence-electron chi connectivity index (χ1n) is 25.7. The number of aliphatic hydroxyl groups excluding tert-OH is 1. The molecule has 3 fully saturated rings. The van der Waals surface area contributed by atoms with Gasteiger partial charge in [0.1, 0.15) is 11.1 Å². The quantitative estimate of drug-likeness (QED) is 0.125. The van der Waals surface area contributed by atoms with Crippen LogP contribution < -0.4 is 0 Å². The van der Waals surface area contributed by atoms with E-state index in [1.165, 1.54) is 30.2 Å². The smallest absolute Gasteiger partial charge is 0.354 e. The fraction of sp³-hybridized carbons (Fsp3) is 0.750. The van der Waals surface area contributed by atoms with Crippen molar-refractivity contribution in [2.75, 3.05) is 20.2 Å². The van der Waals surface area contributed by atoms with Crippen LogP contribution in [0.4, 0.5) is 0 Å². The number of aromatic nitrogens is 1. The SMILES string of the molecule is CC(C)CCC[C@@]1(C)[C@H](CCC(C)C)C[C@@]2(CCC(C)C)C(=O)C(CCC(C)C)C(O)[C@]1(C(=O)C(C)C)C2=O.CC[C@@]12C=C(C(=O)OC)n3c4c(c5ccccc53)CCN(CCC1)[C@H]42. The Kier molecular flexibility index (Phi) is 15.4. The number of Topliss-reactive ketones (excluding diaryl/α,β-unsaturated/α-hetero) is 3. The summed E-state index contributed by atoms with van der Waals surface area (Å²) in [7, 11) is 1.49. The van der Waals surface area contributed by atoms with E-state index in [-0.39, 0.29) is 34.7 Å². The number of benzene rings is 1. The summed E-state index contributed by atoms with van der Waals surface area (Å²) >= 11 is 0. The zero-order valence-electron chi connectivity index (χ0n) is 42.3. The van der Waals surface area contributed by atoms with E-state index in [1.807, 2.05) is 13.8 Å². The molecule has 2 unspecified atom stereocenters. The Hall–Kier alpha value is -3.10. The normalized spacial score (nSPS) is 31.1. The molecule has 1 N–H and O–H groups in total. The number of nitrogens with zero attached hydrogens (tertiary/aromatic N) is 2. The summed E-state index contributed by atoms with van der Waals surface area (Å²) < 4.78 is 7.38. The Morgan fingerprint density at radius 3 is 2.11 bits per heavy atom. The largest absolute Gasteiger partial charge is 0.464 e. The molecule has 5 aliphatic rings. The Bertz CT molecular complexity index is 2060. The predicted molar refractivity (Wildman–Crippen MR) is 260 cm³/mol. The first-order chi connectivity index (χ1) is 30.2. The van der Waals surface area contributed by atoms with Crippen molar-refractivity contribution >= 4 is 39.9 Å². The summed E-state index contributed by atoms with van der Waals surface area (Å²) in [6.07, 6.45) is 13.2. The third kappa shape index (κ3) is 8.45. The van der Waals surface area contributed by atoms with Gasteiger partial charge in [0.05, 0.1) is 30.2 Å². The maximum Gasteiger partial charge on any atom is 0.354 e. The van der Waals surface area contributed by atoms with Gasteiger partial charge in [-0.05, 0) is 123 Å². The first-order valence-corrected chi connectivity index (χ1v) is 25.7. The highest BCUT2D eigenvalue weighted by atomic mass is 16.5. The summed E-state index contributed by atoms with van der Waals surface area (Å²) in [6.45, 7) is 27.9. The van der Waals surface area contributed by atoms with E-state index < -0.39 is 34.2 Å². The van der Waals surface area contributed by atoms with Crippen molar-refractivity contribution in [2.45, 2.75) is 185 Å². The van der Waals surface area contributed by atoms with Gasteiger partial charge < -0.3 is 14.4 Å². The lowest BCUT2D eigenvalue weighted by molar-refractivity contribution is -0.212. The minimum Gasteiger partial charge on any atom is -0.464 e. The highest BCUT2D eigenvalue weighted by molar-refractivity contribution is 6.22. The van der Waals surface area contributed by atoms with Crippen LogP contribution in [0.25, 0.3) is 16.6 Å². The third-order valence-electron chi connectivity index (χ3n) is 17.2. The van der Waals surface area contributed by atoms with Crippen LogP contribution in [0.2, 0.25) is 0 Å². The fourth-order valence-corrected chi connectivity index (χ4v) is 13.6. The van der Waals surface area contributed by atoms with Crippen molar-refractivity contribution in [3.63, 3.8) is 0 Å². The van der Waals surface area contributed by atoms with Crippen LogP contribution >= 0.6 is 0 Å². The fourth-order valence-electron chi connectivity index (χ4n) is 13.6. The molecule has 7 rings (SSSR count). The van der Waals surface area contributed by atoms with Crippen LogP contribution in [0.1, 0.15) is 184 Å². The van der Waals surface area contributed by atoms with Crippen molar-refractivity contribution in [2.24, 2.45) is 63.1 Å². The molecule has 2 bridgehead atoms. The topological polar surface area (TPSA) is 106 Å². The molecule has 2 aliphatic carbocycles. The summed E-state index contributed by atoms with van der Waals surface area (Å²) in [5, 5.41) is 13.7. The number of piperidine rings is 1. The number of ketones is 3. The van der Waals surface area contributed by atoms with E-state index in [2.05, 4.69) is 109 Å². The molecule has 1 aromatic carbocycles. The molecule has 3 aliphatic heterocycles. The average molecular weight is 883 g/mol. The second-order valence-corrected chi connectivity index (χ2v) is 23.2. The highest BCUT2D eigenvalue weighted by Gasteiger charge is 2.77. The Balaban J connectivity index is 0.000000231. The molecule has 2 saturated carbocycles. The van der Waals surface area contributed by atoms with Gasteiger partial charge in [0.15, 0.2) is 17.3 Å². The predicted octanol–water partition coefficient (Wildman–Crippen LogP) is 12.2. The number of carbonyl (C=O) groups is 4. The van der Waals surface area contributed by atoms with Gasteiger partial charge in [-0.2, -0.15) is 0 Å². The summed E-state index contributed by atoms with van der Waals surface area (Å²) in [5.74, 6) is 0.109. The van der Waals surface area contributed by atoms with Gasteiger partial charge in [-0.1, -0.05) is 127 Å². The zero-order valence-corrected chi connectivity index (χ0v) is 42.3. The van der Waals surface area contributed by atoms with E-state index in [9.17, 15) is 19.5 Å². The van der Waals surface area contributed by atoms with E-state index in [1.54, 1.807) is 0 Å². The molecule has 1 saturated heterocycles. The number of hydrogen-bond acceptors (Lipinski definition) is 7. The van der Waals surface area contributed by atoms with Crippen LogP contribution in [-0.4, -0.2) is 64.2 Å². The summed E-state index contributed by atoms with van der Waals surface area (Å²) in [6, 6.07) is 8.89. The van der Waals surface area contributed by atoms with Crippen LogP contribution in [0, 0.1) is 63.1 Å². The number of hydrogen-bond donors (Lipinski definition) is 1. The minimum atomic E-state index is -1.52. The second-order valence-electron chi connectivity index (χ2n) is 23.2. The second kappa shape index (κ2) is 19.6. The number of methoxy groups -OCH3 is 1. The van der Waals surface area contributed by atoms with Gasteiger partial charge >= 0.3 is 5.97 Å². The number of fused-ring (bicyclic) bond motifs is 5. The van der Waals surface area contributed by atoms with Crippen molar-refractivity contribution in [3.05, 3.63) is 41.6 Å². The molecule has 0 radical (unpaired) electrons. The molecule has 64 heavy (non-hydrogen) atoms. The Labute approximate surface area is 387 Å². The van der Waals surface area contributed by atoms with E-state index in [0.29, 0.717) is 54.7 Å². The standard InChI is InChI=1S/C35H62O4.C21H24N2O2/c1-22(2)13-12-19-33(11)27(16-14-23(3)4)21-34(20-18-25(7)8)30(37)28(17-15-24(5)6)31(38)35(33,32(34)39)29(36)26(9)10;1-3-21-10-6-11-22-12-9-15-14-7-4-5-8-16(14)23(18(15)19(21)22)17(13-21)20(24)25-2/h22-28,31,38H,12-21H2,1-11H3;4-5,7-8,13,19H,3,6,9-12H2,1-2H3/t27-,28?,31?,33+,34+,35-;19-,21+/m11/s1. The molecule has 356 valence electrons. The molecule has 1 aromatic heterocycles. The van der Waals surface area contributed by atoms with Gasteiger partial charge in [0.25, 0.3) is 0 Å². The van der Waals surface area contributed by atoms with E-state index in [0.717, 1.165) is 82.8 Å². The van der Waals surface area contributed by atoms with Crippen LogP contribution in [0.15, 0.2) is 30.3 Å². The molecule has 8 heteroatoms. The van der Waals surface area contributed by atoms with Gasteiger partial charge in [-0.15, -0.1) is 0 Å². The van der Waals surface area contributed by atoms with Crippen molar-refractivity contribution < 1.29 is 29.0 Å². The summed E-state index contributed by atoms with van der Waals surface area (Å²) in [4.78, 5) is 59.6. The number of aliphatic hydroxyl groups is 1. The van der Waals surface area contributed by atoms with Crippen LogP contribution in [0.5, 0.6) is 0 Å². The lowest BCUT2D eigenvalue weighted by Crippen LogP contribution is -2.76. The van der Waals surface area contributed by atoms with E-state index in [4.69, 9.17) is 4.74 Å². The van der Waals surface area contributed by atoms with Gasteiger partial charge in [0.2, 0.25) is 0 Å². The minimum absolute atomic E-state index is 0.0430.